The summed E-state index contributed by atoms with van der Waals surface area (Å²) in [6.07, 6.45) is 3.48. The number of aromatic nitrogens is 2. The highest BCUT2D eigenvalue weighted by atomic mass is 32.1. The molecule has 2 heterocycles. The summed E-state index contributed by atoms with van der Waals surface area (Å²) in [5.74, 6) is 0.118. The lowest BCUT2D eigenvalue weighted by molar-refractivity contribution is 0.0601. The smallest absolute Gasteiger partial charge is 0.341 e. The molecule has 1 amide bonds. The van der Waals surface area contributed by atoms with Gasteiger partial charge in [0.1, 0.15) is 10.8 Å². The Kier molecular flexibility index (Phi) is 8.83. The Morgan fingerprint density at radius 1 is 1.20 bits per heavy atom. The van der Waals surface area contributed by atoms with Crippen LogP contribution in [0, 0.1) is 6.92 Å². The van der Waals surface area contributed by atoms with Crippen molar-refractivity contribution in [2.24, 2.45) is 0 Å². The number of thiocarbonyl (C=S) groups is 1. The molecule has 0 bridgehead atoms. The second kappa shape index (κ2) is 11.8. The summed E-state index contributed by atoms with van der Waals surface area (Å²) in [6.45, 7) is 7.28. The normalized spacial score (nSPS) is 10.5. The van der Waals surface area contributed by atoms with Gasteiger partial charge in [-0.15, -0.1) is 11.3 Å². The molecule has 0 radical (unpaired) electrons. The summed E-state index contributed by atoms with van der Waals surface area (Å²) in [5.41, 5.74) is 2.58. The molecule has 3 aromatic rings. The molecule has 0 saturated heterocycles. The predicted molar refractivity (Wildman–Crippen MR) is 142 cm³/mol. The number of thiophene rings is 1. The third-order valence-electron chi connectivity index (χ3n) is 5.38. The van der Waals surface area contributed by atoms with Crippen molar-refractivity contribution in [1.82, 2.24) is 14.7 Å². The summed E-state index contributed by atoms with van der Waals surface area (Å²) in [7, 11) is 2.94. The third kappa shape index (κ3) is 6.17. The van der Waals surface area contributed by atoms with Gasteiger partial charge in [-0.2, -0.15) is 5.10 Å². The van der Waals surface area contributed by atoms with Gasteiger partial charge in [0, 0.05) is 19.3 Å². The third-order valence-corrected chi connectivity index (χ3v) is 6.78. The summed E-state index contributed by atoms with van der Waals surface area (Å²) >= 11 is 6.65. The van der Waals surface area contributed by atoms with Crippen molar-refractivity contribution in [2.75, 3.05) is 37.9 Å². The van der Waals surface area contributed by atoms with E-state index in [1.54, 1.807) is 29.8 Å². The van der Waals surface area contributed by atoms with E-state index in [2.05, 4.69) is 15.7 Å². The lowest BCUT2D eigenvalue weighted by Crippen LogP contribution is -2.30. The van der Waals surface area contributed by atoms with E-state index in [0.717, 1.165) is 11.3 Å². The van der Waals surface area contributed by atoms with Gasteiger partial charge in [-0.3, -0.25) is 9.48 Å². The SMILES string of the molecule is CCN(CC)C(=O)c1sc(NC(=S)Nc2cnn(Cc3cccc(OC)c3)c2)c(C(=O)OC)c1C. The Bertz CT molecular complexity index is 1220. The highest BCUT2D eigenvalue weighted by molar-refractivity contribution is 7.80. The minimum Gasteiger partial charge on any atom is -0.497 e. The molecule has 0 unspecified atom stereocenters. The van der Waals surface area contributed by atoms with Gasteiger partial charge in [-0.05, 0) is 56.2 Å². The summed E-state index contributed by atoms with van der Waals surface area (Å²) in [4.78, 5) is 27.6. The molecular formula is C24H29N5O4S2. The lowest BCUT2D eigenvalue weighted by atomic mass is 10.1. The highest BCUT2D eigenvalue weighted by Gasteiger charge is 2.27. The van der Waals surface area contributed by atoms with E-state index in [1.165, 1.54) is 18.4 Å². The van der Waals surface area contributed by atoms with E-state index in [0.29, 0.717) is 46.3 Å². The van der Waals surface area contributed by atoms with Crippen molar-refractivity contribution in [3.8, 4) is 5.75 Å². The van der Waals surface area contributed by atoms with Crippen LogP contribution in [0.3, 0.4) is 0 Å². The number of amides is 1. The van der Waals surface area contributed by atoms with Crippen molar-refractivity contribution < 1.29 is 19.1 Å². The monoisotopic (exact) mass is 515 g/mol. The number of anilines is 2. The van der Waals surface area contributed by atoms with Gasteiger partial charge in [0.25, 0.3) is 5.91 Å². The van der Waals surface area contributed by atoms with E-state index >= 15 is 0 Å². The number of nitrogens with zero attached hydrogens (tertiary/aromatic N) is 3. The number of ether oxygens (including phenoxy) is 2. The number of hydrogen-bond acceptors (Lipinski definition) is 7. The number of hydrogen-bond donors (Lipinski definition) is 2. The Hall–Kier alpha value is -3.44. The predicted octanol–water partition coefficient (Wildman–Crippen LogP) is 4.39. The zero-order valence-electron chi connectivity index (χ0n) is 20.4. The van der Waals surface area contributed by atoms with Gasteiger partial charge >= 0.3 is 5.97 Å². The van der Waals surface area contributed by atoms with Crippen molar-refractivity contribution in [3.05, 3.63) is 58.2 Å². The summed E-state index contributed by atoms with van der Waals surface area (Å²) in [5, 5.41) is 11.2. The summed E-state index contributed by atoms with van der Waals surface area (Å²) in [6, 6.07) is 7.76. The molecule has 0 spiro atoms. The quantitative estimate of drug-likeness (QED) is 0.320. The Balaban J connectivity index is 1.75. The fourth-order valence-corrected chi connectivity index (χ4v) is 5.00. The minimum atomic E-state index is -0.534. The van der Waals surface area contributed by atoms with E-state index in [9.17, 15) is 9.59 Å². The number of carbonyl (C=O) groups is 2. The van der Waals surface area contributed by atoms with Gasteiger partial charge < -0.3 is 25.0 Å². The molecular weight excluding hydrogens is 486 g/mol. The zero-order valence-corrected chi connectivity index (χ0v) is 22.0. The first-order valence-electron chi connectivity index (χ1n) is 11.1. The molecule has 3 rings (SSSR count). The van der Waals surface area contributed by atoms with Crippen LogP contribution in [0.1, 0.15) is 45.0 Å². The van der Waals surface area contributed by atoms with Gasteiger partial charge in [-0.25, -0.2) is 4.79 Å². The van der Waals surface area contributed by atoms with Crippen LogP contribution >= 0.6 is 23.6 Å². The van der Waals surface area contributed by atoms with Crippen LogP contribution in [-0.2, 0) is 11.3 Å². The molecule has 0 aliphatic carbocycles. The lowest BCUT2D eigenvalue weighted by Gasteiger charge is -2.17. The molecule has 0 atom stereocenters. The van der Waals surface area contributed by atoms with Crippen molar-refractivity contribution in [3.63, 3.8) is 0 Å². The molecule has 11 heteroatoms. The number of methoxy groups -OCH3 is 2. The number of rotatable bonds is 9. The molecule has 2 N–H and O–H groups in total. The van der Waals surface area contributed by atoms with Gasteiger partial charge in [-0.1, -0.05) is 12.1 Å². The largest absolute Gasteiger partial charge is 0.497 e. The molecule has 0 fully saturated rings. The van der Waals surface area contributed by atoms with Crippen LogP contribution in [0.15, 0.2) is 36.7 Å². The van der Waals surface area contributed by atoms with Crippen LogP contribution in [0.25, 0.3) is 0 Å². The maximum absolute atomic E-state index is 13.0. The van der Waals surface area contributed by atoms with Crippen molar-refractivity contribution in [2.45, 2.75) is 27.3 Å². The Morgan fingerprint density at radius 2 is 1.94 bits per heavy atom. The molecule has 186 valence electrons. The maximum Gasteiger partial charge on any atom is 0.341 e. The molecule has 1 aromatic carbocycles. The van der Waals surface area contributed by atoms with E-state index < -0.39 is 5.97 Å². The first-order chi connectivity index (χ1) is 16.8. The Labute approximate surface area is 214 Å². The number of benzene rings is 1. The highest BCUT2D eigenvalue weighted by Crippen LogP contribution is 2.34. The van der Waals surface area contributed by atoms with Gasteiger partial charge in [0.2, 0.25) is 0 Å². The molecule has 0 aliphatic rings. The minimum absolute atomic E-state index is 0.131. The van der Waals surface area contributed by atoms with Crippen LogP contribution in [0.4, 0.5) is 10.7 Å². The molecule has 35 heavy (non-hydrogen) atoms. The second-order valence-corrected chi connectivity index (χ2v) is 9.02. The van der Waals surface area contributed by atoms with Crippen molar-refractivity contribution >= 4 is 51.2 Å². The standard InChI is InChI=1S/C24H29N5O4S2/c1-6-28(7-2)22(30)20-15(3)19(23(31)33-5)21(35-20)27-24(34)26-17-12-25-29(14-17)13-16-9-8-10-18(11-16)32-4/h8-12,14H,6-7,13H2,1-5H3,(H2,26,27,34). The van der Waals surface area contributed by atoms with E-state index in [4.69, 9.17) is 21.7 Å². The van der Waals surface area contributed by atoms with E-state index in [-0.39, 0.29) is 11.0 Å². The Morgan fingerprint density at radius 3 is 2.60 bits per heavy atom. The average molecular weight is 516 g/mol. The first kappa shape index (κ1) is 26.2. The number of carbonyl (C=O) groups excluding carboxylic acids is 2. The van der Waals surface area contributed by atoms with Gasteiger partial charge in [0.05, 0.1) is 43.1 Å². The molecule has 9 nitrogen and oxygen atoms in total. The fraction of sp³-hybridized carbons (Fsp3) is 0.333. The van der Waals surface area contributed by atoms with E-state index in [1.807, 2.05) is 44.3 Å². The molecule has 0 saturated carbocycles. The van der Waals surface area contributed by atoms with Crippen LogP contribution in [-0.4, -0.2) is 59.0 Å². The number of nitrogens with one attached hydrogen (secondary N) is 2. The van der Waals surface area contributed by atoms with Crippen molar-refractivity contribution in [1.29, 1.82) is 0 Å². The number of esters is 1. The summed E-state index contributed by atoms with van der Waals surface area (Å²) < 4.78 is 12.0. The van der Waals surface area contributed by atoms with Crippen LogP contribution in [0.5, 0.6) is 5.75 Å². The first-order valence-corrected chi connectivity index (χ1v) is 12.3. The second-order valence-electron chi connectivity index (χ2n) is 7.59. The van der Waals surface area contributed by atoms with Crippen LogP contribution < -0.4 is 15.4 Å². The maximum atomic E-state index is 13.0. The average Bonchev–Trinajstić information content (AvgIpc) is 3.42. The van der Waals surface area contributed by atoms with Gasteiger partial charge in [0.15, 0.2) is 5.11 Å². The fourth-order valence-electron chi connectivity index (χ4n) is 3.55. The topological polar surface area (TPSA) is 97.7 Å². The molecule has 2 aromatic heterocycles. The van der Waals surface area contributed by atoms with Crippen LogP contribution in [0.2, 0.25) is 0 Å². The zero-order chi connectivity index (χ0) is 25.5. The molecule has 0 aliphatic heterocycles.